The third kappa shape index (κ3) is 1.87. The summed E-state index contributed by atoms with van der Waals surface area (Å²) in [4.78, 5) is 0.803. The van der Waals surface area contributed by atoms with E-state index in [1.807, 2.05) is 0 Å². The topological polar surface area (TPSA) is 0 Å². The molecule has 1 rings (SSSR count). The molecule has 1 aliphatic carbocycles. The van der Waals surface area contributed by atoms with Crippen molar-refractivity contribution in [1.82, 2.24) is 0 Å². The van der Waals surface area contributed by atoms with E-state index < -0.39 is 0 Å². The van der Waals surface area contributed by atoms with E-state index >= 15 is 0 Å². The molecular weight excluding hydrogens is 279 g/mol. The molecule has 0 aromatic rings. The minimum atomic E-state index is 0.803. The SMILES string of the molecule is BrC1CCCCC1I. The van der Waals surface area contributed by atoms with Crippen LogP contribution in [0.3, 0.4) is 0 Å². The first kappa shape index (κ1) is 7.32. The fourth-order valence-electron chi connectivity index (χ4n) is 1.04. The molecule has 0 aromatic carbocycles. The molecule has 0 nitrogen and oxygen atoms in total. The van der Waals surface area contributed by atoms with Crippen LogP contribution in [0.4, 0.5) is 0 Å². The van der Waals surface area contributed by atoms with Crippen LogP contribution in [0, 0.1) is 0 Å². The van der Waals surface area contributed by atoms with Crippen LogP contribution in [-0.2, 0) is 0 Å². The first-order chi connectivity index (χ1) is 3.80. The van der Waals surface area contributed by atoms with Crippen molar-refractivity contribution in [2.24, 2.45) is 0 Å². The van der Waals surface area contributed by atoms with Crippen LogP contribution < -0.4 is 0 Å². The first-order valence-corrected chi connectivity index (χ1v) is 5.25. The highest BCUT2D eigenvalue weighted by Gasteiger charge is 2.18. The Morgan fingerprint density at radius 1 is 1.25 bits per heavy atom. The third-order valence-electron chi connectivity index (χ3n) is 1.60. The molecule has 48 valence electrons. The second kappa shape index (κ2) is 3.40. The van der Waals surface area contributed by atoms with Gasteiger partial charge in [-0.05, 0) is 12.8 Å². The molecule has 2 heteroatoms. The maximum Gasteiger partial charge on any atom is 0.0263 e. The quantitative estimate of drug-likeness (QED) is 0.475. The van der Waals surface area contributed by atoms with E-state index in [1.54, 1.807) is 0 Å². The Morgan fingerprint density at radius 3 is 2.25 bits per heavy atom. The van der Waals surface area contributed by atoms with Crippen LogP contribution >= 0.6 is 38.5 Å². The lowest BCUT2D eigenvalue weighted by molar-refractivity contribution is 0.545. The van der Waals surface area contributed by atoms with Gasteiger partial charge in [0.15, 0.2) is 0 Å². The normalized spacial score (nSPS) is 39.8. The fourth-order valence-corrected chi connectivity index (χ4v) is 2.43. The maximum absolute atomic E-state index is 3.65. The molecule has 1 fully saturated rings. The molecule has 8 heavy (non-hydrogen) atoms. The average molecular weight is 289 g/mol. The predicted molar refractivity (Wildman–Crippen MR) is 49.0 cm³/mol. The van der Waals surface area contributed by atoms with Crippen LogP contribution in [0.5, 0.6) is 0 Å². The Bertz CT molecular complexity index is 64.9. The van der Waals surface area contributed by atoms with E-state index in [-0.39, 0.29) is 0 Å². The average Bonchev–Trinajstić information content (AvgIpc) is 1.77. The lowest BCUT2D eigenvalue weighted by atomic mass is 10.0. The summed E-state index contributed by atoms with van der Waals surface area (Å²) in [6, 6.07) is 0. The van der Waals surface area contributed by atoms with Gasteiger partial charge >= 0.3 is 0 Å². The van der Waals surface area contributed by atoms with Crippen molar-refractivity contribution >= 4 is 38.5 Å². The summed E-state index contributed by atoms with van der Waals surface area (Å²) in [7, 11) is 0. The fraction of sp³-hybridized carbons (Fsp3) is 1.00. The number of hydrogen-bond acceptors (Lipinski definition) is 0. The zero-order valence-electron chi connectivity index (χ0n) is 4.74. The minimum absolute atomic E-state index is 0.803. The third-order valence-corrected chi connectivity index (χ3v) is 5.18. The molecule has 0 saturated heterocycles. The van der Waals surface area contributed by atoms with Crippen molar-refractivity contribution in [1.29, 1.82) is 0 Å². The Balaban J connectivity index is 2.28. The second-order valence-corrected chi connectivity index (χ2v) is 5.09. The van der Waals surface area contributed by atoms with Crippen molar-refractivity contribution in [2.45, 2.75) is 34.4 Å². The molecule has 0 spiro atoms. The largest absolute Gasteiger partial charge is 0.0879 e. The van der Waals surface area contributed by atoms with E-state index in [0.29, 0.717) is 0 Å². The van der Waals surface area contributed by atoms with Crippen LogP contribution in [-0.4, -0.2) is 8.75 Å². The number of hydrogen-bond donors (Lipinski definition) is 0. The second-order valence-electron chi connectivity index (χ2n) is 2.32. The molecule has 0 aliphatic heterocycles. The smallest absolute Gasteiger partial charge is 0.0263 e. The van der Waals surface area contributed by atoms with Gasteiger partial charge in [-0.2, -0.15) is 0 Å². The van der Waals surface area contributed by atoms with Gasteiger partial charge in [-0.3, -0.25) is 0 Å². The molecule has 2 unspecified atom stereocenters. The van der Waals surface area contributed by atoms with Crippen molar-refractivity contribution < 1.29 is 0 Å². The Labute approximate surface area is 72.7 Å². The predicted octanol–water partition coefficient (Wildman–Crippen LogP) is 3.13. The summed E-state index contributed by atoms with van der Waals surface area (Å²) in [5.74, 6) is 0. The van der Waals surface area contributed by atoms with E-state index in [0.717, 1.165) is 8.75 Å². The van der Waals surface area contributed by atoms with Gasteiger partial charge in [-0.1, -0.05) is 51.4 Å². The molecule has 0 bridgehead atoms. The van der Waals surface area contributed by atoms with Gasteiger partial charge in [0.2, 0.25) is 0 Å². The van der Waals surface area contributed by atoms with Crippen molar-refractivity contribution in [3.8, 4) is 0 Å². The van der Waals surface area contributed by atoms with E-state index in [1.165, 1.54) is 25.7 Å². The van der Waals surface area contributed by atoms with Crippen LogP contribution in [0.2, 0.25) is 0 Å². The van der Waals surface area contributed by atoms with Gasteiger partial charge in [0.1, 0.15) is 0 Å². The zero-order valence-corrected chi connectivity index (χ0v) is 8.48. The number of halogens is 2. The maximum atomic E-state index is 3.65. The molecule has 0 amide bonds. The highest BCUT2D eigenvalue weighted by atomic mass is 127. The molecule has 0 aromatic heterocycles. The summed E-state index contributed by atoms with van der Waals surface area (Å²) in [5.41, 5.74) is 0. The number of alkyl halides is 2. The van der Waals surface area contributed by atoms with Crippen LogP contribution in [0.1, 0.15) is 25.7 Å². The Hall–Kier alpha value is 1.21. The number of rotatable bonds is 0. The molecule has 0 radical (unpaired) electrons. The zero-order chi connectivity index (χ0) is 5.98. The van der Waals surface area contributed by atoms with Crippen LogP contribution in [0.15, 0.2) is 0 Å². The van der Waals surface area contributed by atoms with E-state index in [2.05, 4.69) is 38.5 Å². The van der Waals surface area contributed by atoms with Crippen molar-refractivity contribution in [2.75, 3.05) is 0 Å². The van der Waals surface area contributed by atoms with Crippen molar-refractivity contribution in [3.05, 3.63) is 0 Å². The van der Waals surface area contributed by atoms with E-state index in [9.17, 15) is 0 Å². The highest BCUT2D eigenvalue weighted by molar-refractivity contribution is 14.1. The Morgan fingerprint density at radius 2 is 1.88 bits per heavy atom. The van der Waals surface area contributed by atoms with Crippen LogP contribution in [0.25, 0.3) is 0 Å². The standard InChI is InChI=1S/C6H10BrI/c7-5-3-1-2-4-6(5)8/h5-6H,1-4H2. The van der Waals surface area contributed by atoms with Gasteiger partial charge in [0.25, 0.3) is 0 Å². The summed E-state index contributed by atoms with van der Waals surface area (Å²) in [6.07, 6.45) is 5.66. The van der Waals surface area contributed by atoms with Gasteiger partial charge in [-0.15, -0.1) is 0 Å². The molecule has 0 heterocycles. The molecule has 2 atom stereocenters. The van der Waals surface area contributed by atoms with Gasteiger partial charge in [0, 0.05) is 8.75 Å². The summed E-state index contributed by atoms with van der Waals surface area (Å²) in [5, 5.41) is 0. The summed E-state index contributed by atoms with van der Waals surface area (Å²) < 4.78 is 0.890. The Kier molecular flexibility index (Phi) is 3.11. The molecule has 1 aliphatic rings. The van der Waals surface area contributed by atoms with E-state index in [4.69, 9.17) is 0 Å². The first-order valence-electron chi connectivity index (χ1n) is 3.09. The molecular formula is C6H10BrI. The molecule has 0 N–H and O–H groups in total. The van der Waals surface area contributed by atoms with Gasteiger partial charge in [0.05, 0.1) is 0 Å². The summed E-state index contributed by atoms with van der Waals surface area (Å²) in [6.45, 7) is 0. The molecule has 1 saturated carbocycles. The van der Waals surface area contributed by atoms with Crippen molar-refractivity contribution in [3.63, 3.8) is 0 Å². The minimum Gasteiger partial charge on any atom is -0.0879 e. The highest BCUT2D eigenvalue weighted by Crippen LogP contribution is 2.29. The lowest BCUT2D eigenvalue weighted by Crippen LogP contribution is -2.17. The lowest BCUT2D eigenvalue weighted by Gasteiger charge is -2.21. The monoisotopic (exact) mass is 288 g/mol. The summed E-state index contributed by atoms with van der Waals surface area (Å²) >= 11 is 6.18. The van der Waals surface area contributed by atoms with Gasteiger partial charge in [-0.25, -0.2) is 0 Å². The van der Waals surface area contributed by atoms with Gasteiger partial charge < -0.3 is 0 Å².